The quantitative estimate of drug-likeness (QED) is 0.238. The second-order valence-corrected chi connectivity index (χ2v) is 15.9. The van der Waals surface area contributed by atoms with Crippen LogP contribution in [0.1, 0.15) is 172 Å². The second kappa shape index (κ2) is 14.9. The van der Waals surface area contributed by atoms with Crippen molar-refractivity contribution in [2.24, 2.45) is 0 Å². The van der Waals surface area contributed by atoms with Crippen molar-refractivity contribution in [2.45, 2.75) is 166 Å². The maximum absolute atomic E-state index is 12.9. The van der Waals surface area contributed by atoms with Gasteiger partial charge < -0.3 is 20.1 Å². The molecule has 0 aromatic heterocycles. The normalized spacial score (nSPS) is 20.3. The first-order valence-corrected chi connectivity index (χ1v) is 17.8. The Balaban J connectivity index is 1.56. The number of rotatable bonds is 10. The second-order valence-electron chi connectivity index (χ2n) is 15.9. The number of hydrogen-bond acceptors (Lipinski definition) is 8. The summed E-state index contributed by atoms with van der Waals surface area (Å²) in [6, 6.07) is 13.0. The molecule has 0 unspecified atom stereocenters. The molecule has 8 heteroatoms. The molecular formula is C38H56N2O6-2. The van der Waals surface area contributed by atoms with Crippen molar-refractivity contribution in [1.82, 2.24) is 10.8 Å². The largest absolute Gasteiger partial charge is 0.728 e. The summed E-state index contributed by atoms with van der Waals surface area (Å²) in [5.41, 5.74) is 2.70. The van der Waals surface area contributed by atoms with E-state index >= 15 is 0 Å². The minimum absolute atomic E-state index is 0.280. The molecule has 0 N–H and O–H groups in total. The molecule has 8 nitrogen and oxygen atoms in total. The average Bonchev–Trinajstić information content (AvgIpc) is 3.00. The van der Waals surface area contributed by atoms with Gasteiger partial charge in [-0.2, -0.15) is 0 Å². The average molecular weight is 637 g/mol. The van der Waals surface area contributed by atoms with E-state index in [4.69, 9.17) is 19.4 Å². The molecule has 0 amide bonds. The van der Waals surface area contributed by atoms with Crippen LogP contribution in [-0.4, -0.2) is 22.0 Å². The lowest BCUT2D eigenvalue weighted by Gasteiger charge is -2.41. The van der Waals surface area contributed by atoms with E-state index < -0.39 is 11.2 Å². The zero-order valence-electron chi connectivity index (χ0n) is 29.1. The number of nitrogens with zero attached hydrogens (tertiary/aromatic N) is 2. The maximum Gasteiger partial charge on any atom is 0.152 e. The van der Waals surface area contributed by atoms with Crippen LogP contribution < -0.4 is 9.68 Å². The van der Waals surface area contributed by atoms with Gasteiger partial charge in [-0.25, -0.2) is 0 Å². The third-order valence-electron chi connectivity index (χ3n) is 9.97. The molecule has 2 aromatic carbocycles. The molecule has 3 aliphatic carbocycles. The van der Waals surface area contributed by atoms with Gasteiger partial charge in [0.15, 0.2) is 11.5 Å². The van der Waals surface area contributed by atoms with E-state index in [1.165, 1.54) is 44.9 Å². The van der Waals surface area contributed by atoms with Gasteiger partial charge in [-0.3, -0.25) is 9.68 Å². The van der Waals surface area contributed by atoms with E-state index in [9.17, 15) is 10.4 Å². The standard InChI is InChI=1S/C38H56N2O6/c1-36(2,3)45-39(41)43-34-26-30(20-22-32(34)28-16-10-7-11-17-28)38(24-14-9-15-25-38)31-21-23-33(29-18-12-8-13-19-29)35(27-31)44-40(42)46-37(4,5)6/h20-23,26-29H,7-19,24-25H2,1-6H3/q-2. The van der Waals surface area contributed by atoms with Crippen molar-refractivity contribution in [3.8, 4) is 11.5 Å². The van der Waals surface area contributed by atoms with Gasteiger partial charge in [0.2, 0.25) is 0 Å². The third kappa shape index (κ3) is 9.03. The van der Waals surface area contributed by atoms with Crippen molar-refractivity contribution >= 4 is 0 Å². The van der Waals surface area contributed by atoms with Gasteiger partial charge in [0.05, 0.1) is 11.2 Å². The lowest BCUT2D eigenvalue weighted by atomic mass is 9.64. The van der Waals surface area contributed by atoms with Crippen LogP contribution in [0.5, 0.6) is 11.5 Å². The van der Waals surface area contributed by atoms with Gasteiger partial charge in [0.1, 0.15) is 0 Å². The molecule has 0 bridgehead atoms. The molecule has 256 valence electrons. The Bertz CT molecular complexity index is 1180. The topological polar surface area (TPSA) is 89.5 Å². The van der Waals surface area contributed by atoms with Crippen LogP contribution in [-0.2, 0) is 15.1 Å². The smallest absolute Gasteiger partial charge is 0.152 e. The summed E-state index contributed by atoms with van der Waals surface area (Å²) in [4.78, 5) is 23.0. The first kappa shape index (κ1) is 35.1. The Morgan fingerprint density at radius 2 is 0.935 bits per heavy atom. The summed E-state index contributed by atoms with van der Waals surface area (Å²) in [6.45, 7) is 11.0. The molecular weight excluding hydrogens is 580 g/mol. The van der Waals surface area contributed by atoms with Crippen LogP contribution in [0.3, 0.4) is 0 Å². The van der Waals surface area contributed by atoms with Crippen LogP contribution in [0.4, 0.5) is 0 Å². The fourth-order valence-corrected chi connectivity index (χ4v) is 7.87. The van der Waals surface area contributed by atoms with E-state index in [2.05, 4.69) is 36.4 Å². The Morgan fingerprint density at radius 3 is 1.30 bits per heavy atom. The zero-order valence-corrected chi connectivity index (χ0v) is 29.1. The molecule has 0 spiro atoms. The molecule has 0 saturated heterocycles. The molecule has 0 radical (unpaired) electrons. The lowest BCUT2D eigenvalue weighted by molar-refractivity contribution is -0.328. The molecule has 2 aromatic rings. The molecule has 3 saturated carbocycles. The molecule has 0 atom stereocenters. The predicted molar refractivity (Wildman–Crippen MR) is 182 cm³/mol. The minimum Gasteiger partial charge on any atom is -0.728 e. The number of hydrogen-bond donors (Lipinski definition) is 0. The van der Waals surface area contributed by atoms with Gasteiger partial charge in [0, 0.05) is 5.41 Å². The van der Waals surface area contributed by atoms with Crippen molar-refractivity contribution in [3.05, 3.63) is 69.1 Å². The van der Waals surface area contributed by atoms with Crippen LogP contribution >= 0.6 is 0 Å². The van der Waals surface area contributed by atoms with Gasteiger partial charge >= 0.3 is 0 Å². The van der Waals surface area contributed by atoms with Crippen LogP contribution in [0.25, 0.3) is 0 Å². The van der Waals surface area contributed by atoms with Gasteiger partial charge in [0.25, 0.3) is 0 Å². The molecule has 46 heavy (non-hydrogen) atoms. The fourth-order valence-electron chi connectivity index (χ4n) is 7.87. The van der Waals surface area contributed by atoms with E-state index in [-0.39, 0.29) is 16.2 Å². The Morgan fingerprint density at radius 1 is 0.565 bits per heavy atom. The zero-order chi connectivity index (χ0) is 33.0. The maximum atomic E-state index is 12.9. The summed E-state index contributed by atoms with van der Waals surface area (Å²) in [7, 11) is 0. The van der Waals surface area contributed by atoms with Gasteiger partial charge in [-0.05, 0) is 126 Å². The Labute approximate surface area is 276 Å². The third-order valence-corrected chi connectivity index (χ3v) is 9.97. The molecule has 5 rings (SSSR count). The summed E-state index contributed by atoms with van der Waals surface area (Å²) in [6.07, 6.45) is 16.8. The molecule has 0 aliphatic heterocycles. The van der Waals surface area contributed by atoms with Crippen molar-refractivity contribution in [1.29, 1.82) is 0 Å². The van der Waals surface area contributed by atoms with Gasteiger partial charge in [-0.1, -0.05) is 92.8 Å². The van der Waals surface area contributed by atoms with Crippen LogP contribution in [0, 0.1) is 10.4 Å². The van der Waals surface area contributed by atoms with Crippen LogP contribution in [0.15, 0.2) is 36.4 Å². The van der Waals surface area contributed by atoms with E-state index in [0.717, 1.165) is 73.6 Å². The van der Waals surface area contributed by atoms with E-state index in [0.29, 0.717) is 23.3 Å². The van der Waals surface area contributed by atoms with Crippen molar-refractivity contribution in [2.75, 3.05) is 0 Å². The number of benzene rings is 2. The van der Waals surface area contributed by atoms with Crippen LogP contribution in [0.2, 0.25) is 0 Å². The Hall–Kier alpha value is -2.20. The lowest BCUT2D eigenvalue weighted by Crippen LogP contribution is -2.34. The fraction of sp³-hybridized carbons (Fsp3) is 0.684. The predicted octanol–water partition coefficient (Wildman–Crippen LogP) is 10.7. The highest BCUT2D eigenvalue weighted by Crippen LogP contribution is 2.49. The van der Waals surface area contributed by atoms with Crippen molar-refractivity contribution < 1.29 is 19.4 Å². The highest BCUT2D eigenvalue weighted by Gasteiger charge is 2.38. The SMILES string of the molecule is CC(C)(C)ON([O-])Oc1cc(C2(c3ccc(C4CCCCC4)c(ON([O-])OC(C)(C)C)c3)CCCCC2)ccc1C1CCCCC1. The molecule has 0 heterocycles. The Kier molecular flexibility index (Phi) is 11.4. The summed E-state index contributed by atoms with van der Waals surface area (Å²) in [5.74, 6) is 1.86. The summed E-state index contributed by atoms with van der Waals surface area (Å²) in [5, 5.41) is 26.4. The summed E-state index contributed by atoms with van der Waals surface area (Å²) >= 11 is 0. The minimum atomic E-state index is -0.683. The first-order valence-electron chi connectivity index (χ1n) is 17.8. The molecule has 3 aliphatic rings. The summed E-state index contributed by atoms with van der Waals surface area (Å²) < 4.78 is 0. The molecule has 3 fully saturated rings. The van der Waals surface area contributed by atoms with Crippen molar-refractivity contribution in [3.63, 3.8) is 0 Å². The highest BCUT2D eigenvalue weighted by atomic mass is 17.1. The highest BCUT2D eigenvalue weighted by molar-refractivity contribution is 5.51. The van der Waals surface area contributed by atoms with Gasteiger partial charge in [-0.15, -0.1) is 0 Å². The monoisotopic (exact) mass is 636 g/mol. The van der Waals surface area contributed by atoms with E-state index in [1.807, 2.05) is 41.5 Å². The first-order chi connectivity index (χ1) is 21.8. The van der Waals surface area contributed by atoms with E-state index in [1.54, 1.807) is 0 Å².